The highest BCUT2D eigenvalue weighted by molar-refractivity contribution is 7.17. The van der Waals surface area contributed by atoms with E-state index in [4.69, 9.17) is 11.6 Å². The summed E-state index contributed by atoms with van der Waals surface area (Å²) in [5.74, 6) is -1.05. The number of halogens is 1. The van der Waals surface area contributed by atoms with Crippen LogP contribution in [-0.4, -0.2) is 50.6 Å². The van der Waals surface area contributed by atoms with Gasteiger partial charge in [0.25, 0.3) is 5.91 Å². The van der Waals surface area contributed by atoms with Crippen molar-refractivity contribution in [3.05, 3.63) is 27.2 Å². The van der Waals surface area contributed by atoms with Gasteiger partial charge in [0.15, 0.2) is 16.1 Å². The Kier molecular flexibility index (Phi) is 5.19. The molecule has 26 heavy (non-hydrogen) atoms. The third kappa shape index (κ3) is 3.28. The van der Waals surface area contributed by atoms with Crippen LogP contribution in [0.5, 0.6) is 0 Å². The Hall–Kier alpha value is -2.13. The summed E-state index contributed by atoms with van der Waals surface area (Å²) in [5, 5.41) is 13.2. The molecule has 8 nitrogen and oxygen atoms in total. The zero-order valence-electron chi connectivity index (χ0n) is 14.7. The standard InChI is InChI=1S/C16H20ClN5O3S/c1-4-8-12(17)21-13(19-8)14(23)20-9-6-22(10(9)5-2)16-18-7(3)11(26-16)15(24)25/h9-10H,4-6H2,1-3H3,(H,19,21)(H,20,23)(H,24,25)/t9-,10+/m0/s1. The van der Waals surface area contributed by atoms with E-state index in [1.807, 2.05) is 18.7 Å². The molecule has 2 atom stereocenters. The van der Waals surface area contributed by atoms with Crippen molar-refractivity contribution < 1.29 is 14.7 Å². The second-order valence-electron chi connectivity index (χ2n) is 6.13. The van der Waals surface area contributed by atoms with Crippen molar-refractivity contribution in [1.29, 1.82) is 0 Å². The van der Waals surface area contributed by atoms with Crippen molar-refractivity contribution >= 4 is 39.9 Å². The molecule has 1 saturated heterocycles. The van der Waals surface area contributed by atoms with E-state index in [0.717, 1.165) is 23.5 Å². The fraction of sp³-hybridized carbons (Fsp3) is 0.500. The summed E-state index contributed by atoms with van der Waals surface area (Å²) in [6.45, 7) is 6.22. The molecule has 140 valence electrons. The van der Waals surface area contributed by atoms with Crippen LogP contribution in [0.4, 0.5) is 5.13 Å². The molecule has 0 bridgehead atoms. The third-order valence-corrected chi connectivity index (χ3v) is 6.01. The number of aromatic carboxylic acids is 1. The molecule has 0 radical (unpaired) electrons. The van der Waals surface area contributed by atoms with Crippen molar-refractivity contribution in [3.8, 4) is 0 Å². The summed E-state index contributed by atoms with van der Waals surface area (Å²) >= 11 is 7.15. The number of anilines is 1. The molecule has 2 aromatic heterocycles. The number of carboxylic acid groups (broad SMARTS) is 1. The lowest BCUT2D eigenvalue weighted by atomic mass is 9.94. The summed E-state index contributed by atoms with van der Waals surface area (Å²) in [7, 11) is 0. The highest BCUT2D eigenvalue weighted by atomic mass is 35.5. The molecule has 0 spiro atoms. The van der Waals surface area contributed by atoms with Crippen LogP contribution < -0.4 is 10.2 Å². The molecule has 3 heterocycles. The molecule has 10 heteroatoms. The largest absolute Gasteiger partial charge is 0.477 e. The first-order chi connectivity index (χ1) is 12.3. The highest BCUT2D eigenvalue weighted by Gasteiger charge is 2.41. The number of aryl methyl sites for hydroxylation is 2. The van der Waals surface area contributed by atoms with Gasteiger partial charge in [0.05, 0.1) is 23.5 Å². The number of aromatic nitrogens is 3. The van der Waals surface area contributed by atoms with E-state index in [9.17, 15) is 14.7 Å². The number of nitrogens with one attached hydrogen (secondary N) is 2. The predicted octanol–water partition coefficient (Wildman–Crippen LogP) is 2.49. The zero-order chi connectivity index (χ0) is 19.0. The number of carboxylic acids is 1. The van der Waals surface area contributed by atoms with E-state index in [-0.39, 0.29) is 28.7 Å². The third-order valence-electron chi connectivity index (χ3n) is 4.52. The number of hydrogen-bond donors (Lipinski definition) is 3. The van der Waals surface area contributed by atoms with Crippen LogP contribution in [-0.2, 0) is 6.42 Å². The van der Waals surface area contributed by atoms with Gasteiger partial charge in [0.2, 0.25) is 0 Å². The van der Waals surface area contributed by atoms with Gasteiger partial charge >= 0.3 is 5.97 Å². The molecule has 3 rings (SSSR count). The van der Waals surface area contributed by atoms with E-state index in [1.165, 1.54) is 0 Å². The minimum Gasteiger partial charge on any atom is -0.477 e. The van der Waals surface area contributed by atoms with E-state index in [1.54, 1.807) is 6.92 Å². The first kappa shape index (κ1) is 18.7. The number of nitrogens with zero attached hydrogens (tertiary/aromatic N) is 3. The Morgan fingerprint density at radius 1 is 1.42 bits per heavy atom. The molecule has 0 unspecified atom stereocenters. The molecular formula is C16H20ClN5O3S. The van der Waals surface area contributed by atoms with Crippen LogP contribution in [0.25, 0.3) is 0 Å². The summed E-state index contributed by atoms with van der Waals surface area (Å²) in [6, 6.07) is 0.00107. The number of rotatable bonds is 6. The average Bonchev–Trinajstić information content (AvgIpc) is 3.13. The Morgan fingerprint density at radius 2 is 2.15 bits per heavy atom. The van der Waals surface area contributed by atoms with E-state index in [0.29, 0.717) is 28.9 Å². The molecule has 0 saturated carbocycles. The van der Waals surface area contributed by atoms with Crippen molar-refractivity contribution in [2.75, 3.05) is 11.4 Å². The molecule has 1 aliphatic heterocycles. The number of carbonyl (C=O) groups is 2. The second-order valence-corrected chi connectivity index (χ2v) is 7.47. The molecule has 0 aliphatic carbocycles. The van der Waals surface area contributed by atoms with E-state index >= 15 is 0 Å². The fourth-order valence-corrected chi connectivity index (χ4v) is 4.32. The van der Waals surface area contributed by atoms with E-state index < -0.39 is 5.97 Å². The normalized spacial score (nSPS) is 19.3. The summed E-state index contributed by atoms with van der Waals surface area (Å²) < 4.78 is 0. The SMILES string of the molecule is CCc1[nH]c(C(=O)N[C@H]2CN(c3nc(C)c(C(=O)O)s3)[C@@H]2CC)nc1Cl. The van der Waals surface area contributed by atoms with E-state index in [2.05, 4.69) is 20.3 Å². The van der Waals surface area contributed by atoms with Crippen molar-refractivity contribution in [3.63, 3.8) is 0 Å². The van der Waals surface area contributed by atoms with Gasteiger partial charge in [-0.25, -0.2) is 14.8 Å². The average molecular weight is 398 g/mol. The molecule has 1 aliphatic rings. The zero-order valence-corrected chi connectivity index (χ0v) is 16.2. The predicted molar refractivity (Wildman–Crippen MR) is 99.5 cm³/mol. The number of thiazole rings is 1. The molecule has 1 amide bonds. The lowest BCUT2D eigenvalue weighted by Gasteiger charge is -2.47. The highest BCUT2D eigenvalue weighted by Crippen LogP contribution is 2.34. The topological polar surface area (TPSA) is 111 Å². The minimum atomic E-state index is -0.967. The number of H-pyrrole nitrogens is 1. The van der Waals surface area contributed by atoms with Gasteiger partial charge in [-0.15, -0.1) is 0 Å². The molecular weight excluding hydrogens is 378 g/mol. The van der Waals surface area contributed by atoms with Gasteiger partial charge in [-0.3, -0.25) is 4.79 Å². The van der Waals surface area contributed by atoms with Gasteiger partial charge < -0.3 is 20.3 Å². The lowest BCUT2D eigenvalue weighted by Crippen LogP contribution is -2.66. The first-order valence-electron chi connectivity index (χ1n) is 8.38. The summed E-state index contributed by atoms with van der Waals surface area (Å²) in [6.07, 6.45) is 1.47. The Bertz CT molecular complexity index is 849. The number of imidazole rings is 1. The van der Waals surface area contributed by atoms with Crippen molar-refractivity contribution in [2.24, 2.45) is 0 Å². The Labute approximate surface area is 159 Å². The van der Waals surface area contributed by atoms with Crippen LogP contribution in [0, 0.1) is 6.92 Å². The monoisotopic (exact) mass is 397 g/mol. The second kappa shape index (κ2) is 7.24. The number of carbonyl (C=O) groups excluding carboxylic acids is 1. The lowest BCUT2D eigenvalue weighted by molar-refractivity contribution is 0.0700. The van der Waals surface area contributed by atoms with Crippen LogP contribution >= 0.6 is 22.9 Å². The smallest absolute Gasteiger partial charge is 0.347 e. The van der Waals surface area contributed by atoms with Crippen molar-refractivity contribution in [2.45, 2.75) is 45.7 Å². The maximum atomic E-state index is 12.4. The number of aromatic amines is 1. The van der Waals surface area contributed by atoms with Crippen LogP contribution in [0.3, 0.4) is 0 Å². The maximum absolute atomic E-state index is 12.4. The summed E-state index contributed by atoms with van der Waals surface area (Å²) in [4.78, 5) is 37.3. The quantitative estimate of drug-likeness (QED) is 0.690. The Morgan fingerprint density at radius 3 is 2.69 bits per heavy atom. The van der Waals surface area contributed by atoms with Crippen LogP contribution in [0.2, 0.25) is 5.15 Å². The number of hydrogen-bond acceptors (Lipinski definition) is 6. The Balaban J connectivity index is 1.69. The van der Waals surface area contributed by atoms with Crippen LogP contribution in [0.1, 0.15) is 51.9 Å². The summed E-state index contributed by atoms with van der Waals surface area (Å²) in [5.41, 5.74) is 1.25. The van der Waals surface area contributed by atoms with Crippen LogP contribution in [0.15, 0.2) is 0 Å². The molecule has 0 aromatic carbocycles. The van der Waals surface area contributed by atoms with Crippen molar-refractivity contribution in [1.82, 2.24) is 20.3 Å². The fourth-order valence-electron chi connectivity index (χ4n) is 3.08. The van der Waals surface area contributed by atoms with Gasteiger partial charge in [0, 0.05) is 6.54 Å². The minimum absolute atomic E-state index is 0.0565. The molecule has 1 fully saturated rings. The van der Waals surface area contributed by atoms with Gasteiger partial charge in [0.1, 0.15) is 4.88 Å². The van der Waals surface area contributed by atoms with Gasteiger partial charge in [-0.2, -0.15) is 0 Å². The maximum Gasteiger partial charge on any atom is 0.347 e. The van der Waals surface area contributed by atoms with Gasteiger partial charge in [-0.1, -0.05) is 36.8 Å². The molecule has 3 N–H and O–H groups in total. The first-order valence-corrected chi connectivity index (χ1v) is 9.57. The molecule has 2 aromatic rings. The number of amides is 1. The van der Waals surface area contributed by atoms with Gasteiger partial charge in [-0.05, 0) is 19.8 Å².